The Morgan fingerprint density at radius 1 is 1.00 bits per heavy atom. The molecule has 0 aromatic heterocycles. The third kappa shape index (κ3) is 7.74. The minimum atomic E-state index is -0.528. The van der Waals surface area contributed by atoms with E-state index in [4.69, 9.17) is 16.3 Å². The third-order valence-electron chi connectivity index (χ3n) is 3.76. The van der Waals surface area contributed by atoms with Gasteiger partial charge in [-0.15, -0.1) is 11.8 Å². The number of carbonyl (C=O) groups excluding carboxylic acids is 3. The van der Waals surface area contributed by atoms with Gasteiger partial charge in [0.15, 0.2) is 12.4 Å². The number of carbonyl (C=O) groups is 3. The molecule has 0 aliphatic heterocycles. The maximum atomic E-state index is 12.1. The highest BCUT2D eigenvalue weighted by Crippen LogP contribution is 2.14. The molecule has 1 amide bonds. The lowest BCUT2D eigenvalue weighted by Crippen LogP contribution is -2.18. The van der Waals surface area contributed by atoms with Crippen molar-refractivity contribution in [2.45, 2.75) is 19.8 Å². The molecule has 1 N–H and O–H groups in total. The maximum absolute atomic E-state index is 12.1. The summed E-state index contributed by atoms with van der Waals surface area (Å²) in [7, 11) is 0. The summed E-state index contributed by atoms with van der Waals surface area (Å²) >= 11 is 6.91. The minimum Gasteiger partial charge on any atom is -0.457 e. The average molecular weight is 420 g/mol. The Morgan fingerprint density at radius 2 is 1.68 bits per heavy atom. The van der Waals surface area contributed by atoms with E-state index in [-0.39, 0.29) is 29.8 Å². The highest BCUT2D eigenvalue weighted by atomic mass is 35.5. The van der Waals surface area contributed by atoms with E-state index in [0.29, 0.717) is 16.3 Å². The number of thioether (sulfide) groups is 1. The summed E-state index contributed by atoms with van der Waals surface area (Å²) in [6, 6.07) is 14.1. The van der Waals surface area contributed by atoms with Gasteiger partial charge in [0.05, 0.1) is 11.5 Å². The number of hydrogen-bond donors (Lipinski definition) is 1. The summed E-state index contributed by atoms with van der Waals surface area (Å²) < 4.78 is 4.99. The second-order valence-corrected chi connectivity index (χ2v) is 7.50. The van der Waals surface area contributed by atoms with Gasteiger partial charge in [-0.05, 0) is 36.2 Å². The van der Waals surface area contributed by atoms with Crippen LogP contribution in [0.15, 0.2) is 48.5 Å². The lowest BCUT2D eigenvalue weighted by molar-refractivity contribution is -0.139. The van der Waals surface area contributed by atoms with Gasteiger partial charge in [-0.25, -0.2) is 0 Å². The molecule has 5 nitrogen and oxygen atoms in total. The maximum Gasteiger partial charge on any atom is 0.316 e. The third-order valence-corrected chi connectivity index (χ3v) is 4.92. The molecular formula is C21H22ClNO4S. The number of benzene rings is 2. The summed E-state index contributed by atoms with van der Waals surface area (Å²) in [6.07, 6.45) is 2.01. The number of ether oxygens (including phenoxy) is 1. The van der Waals surface area contributed by atoms with Gasteiger partial charge in [-0.1, -0.05) is 49.2 Å². The Morgan fingerprint density at radius 3 is 2.32 bits per heavy atom. The quantitative estimate of drug-likeness (QED) is 0.456. The first kappa shape index (κ1) is 22.0. The molecule has 0 radical (unpaired) electrons. The van der Waals surface area contributed by atoms with E-state index in [2.05, 4.69) is 12.2 Å². The lowest BCUT2D eigenvalue weighted by Gasteiger charge is -2.06. The van der Waals surface area contributed by atoms with Crippen LogP contribution in [0.4, 0.5) is 5.69 Å². The molecule has 28 heavy (non-hydrogen) atoms. The van der Waals surface area contributed by atoms with Gasteiger partial charge < -0.3 is 10.1 Å². The first-order chi connectivity index (χ1) is 13.5. The normalized spacial score (nSPS) is 10.4. The van der Waals surface area contributed by atoms with Crippen LogP contribution in [0.3, 0.4) is 0 Å². The summed E-state index contributed by atoms with van der Waals surface area (Å²) in [5, 5.41) is 3.29. The Labute approximate surface area is 173 Å². The molecule has 0 atom stereocenters. The molecule has 0 saturated heterocycles. The topological polar surface area (TPSA) is 72.5 Å². The van der Waals surface area contributed by atoms with Gasteiger partial charge in [0, 0.05) is 16.3 Å². The predicted molar refractivity (Wildman–Crippen MR) is 113 cm³/mol. The Bertz CT molecular complexity index is 806. The van der Waals surface area contributed by atoms with E-state index in [0.717, 1.165) is 24.6 Å². The second-order valence-electron chi connectivity index (χ2n) is 6.08. The molecule has 0 saturated carbocycles. The lowest BCUT2D eigenvalue weighted by atomic mass is 10.1. The zero-order valence-corrected chi connectivity index (χ0v) is 17.1. The number of amides is 1. The van der Waals surface area contributed by atoms with Crippen molar-refractivity contribution in [3.63, 3.8) is 0 Å². The number of nitrogens with one attached hydrogen (secondary N) is 1. The zero-order chi connectivity index (χ0) is 20.4. The number of ketones is 1. The molecule has 0 heterocycles. The number of Topliss-reactive ketones (excluding diaryl/α,β-unsaturated/α-hetero) is 1. The minimum absolute atomic E-state index is 0.00322. The van der Waals surface area contributed by atoms with E-state index in [1.807, 2.05) is 12.1 Å². The van der Waals surface area contributed by atoms with Crippen molar-refractivity contribution in [1.29, 1.82) is 0 Å². The molecule has 2 aromatic carbocycles. The van der Waals surface area contributed by atoms with Crippen molar-refractivity contribution in [3.05, 3.63) is 64.7 Å². The van der Waals surface area contributed by atoms with Gasteiger partial charge in [-0.3, -0.25) is 14.4 Å². The molecule has 2 aromatic rings. The van der Waals surface area contributed by atoms with Crippen LogP contribution in [0.1, 0.15) is 29.3 Å². The molecule has 148 valence electrons. The van der Waals surface area contributed by atoms with Crippen LogP contribution in [0.5, 0.6) is 0 Å². The summed E-state index contributed by atoms with van der Waals surface area (Å²) in [5.74, 6) is -0.910. The fourth-order valence-electron chi connectivity index (χ4n) is 2.37. The van der Waals surface area contributed by atoms with Crippen LogP contribution in [0.2, 0.25) is 5.02 Å². The smallest absolute Gasteiger partial charge is 0.316 e. The summed E-state index contributed by atoms with van der Waals surface area (Å²) in [4.78, 5) is 35.7. The molecule has 0 fully saturated rings. The number of halogens is 1. The van der Waals surface area contributed by atoms with Crippen LogP contribution in [0, 0.1) is 0 Å². The van der Waals surface area contributed by atoms with E-state index >= 15 is 0 Å². The number of rotatable bonds is 10. The van der Waals surface area contributed by atoms with Crippen molar-refractivity contribution >= 4 is 46.7 Å². The van der Waals surface area contributed by atoms with Gasteiger partial charge in [0.1, 0.15) is 0 Å². The monoisotopic (exact) mass is 419 g/mol. The van der Waals surface area contributed by atoms with Gasteiger partial charge in [-0.2, -0.15) is 0 Å². The Kier molecular flexibility index (Phi) is 9.04. The van der Waals surface area contributed by atoms with E-state index in [1.54, 1.807) is 36.4 Å². The van der Waals surface area contributed by atoms with E-state index < -0.39 is 5.97 Å². The Balaban J connectivity index is 1.65. The number of aryl methyl sites for hydroxylation is 1. The van der Waals surface area contributed by atoms with Gasteiger partial charge in [0.2, 0.25) is 5.91 Å². The second kappa shape index (κ2) is 11.5. The van der Waals surface area contributed by atoms with Crippen LogP contribution in [-0.4, -0.2) is 35.8 Å². The van der Waals surface area contributed by atoms with Crippen molar-refractivity contribution in [3.8, 4) is 0 Å². The molecule has 0 spiro atoms. The summed E-state index contributed by atoms with van der Waals surface area (Å²) in [5.41, 5.74) is 2.32. The fraction of sp³-hybridized carbons (Fsp3) is 0.286. The molecule has 0 aliphatic carbocycles. The van der Waals surface area contributed by atoms with Crippen LogP contribution >= 0.6 is 23.4 Å². The van der Waals surface area contributed by atoms with E-state index in [1.165, 1.54) is 5.56 Å². The predicted octanol–water partition coefficient (Wildman–Crippen LogP) is 4.39. The number of anilines is 1. The molecule has 0 unspecified atom stereocenters. The average Bonchev–Trinajstić information content (AvgIpc) is 2.69. The summed E-state index contributed by atoms with van der Waals surface area (Å²) in [6.45, 7) is 1.79. The standard InChI is InChI=1S/C21H22ClNO4S/c1-2-3-15-4-6-16(7-5-15)19(24)12-27-21(26)14-28-13-20(25)23-18-10-8-17(22)9-11-18/h4-11H,2-3,12-14H2,1H3,(H,23,25). The Hall–Kier alpha value is -2.31. The number of hydrogen-bond acceptors (Lipinski definition) is 5. The molecule has 0 aliphatic rings. The van der Waals surface area contributed by atoms with Crippen LogP contribution < -0.4 is 5.32 Å². The first-order valence-electron chi connectivity index (χ1n) is 8.89. The largest absolute Gasteiger partial charge is 0.457 e. The van der Waals surface area contributed by atoms with Crippen LogP contribution in [0.25, 0.3) is 0 Å². The van der Waals surface area contributed by atoms with Crippen molar-refractivity contribution in [2.24, 2.45) is 0 Å². The van der Waals surface area contributed by atoms with Crippen molar-refractivity contribution in [2.75, 3.05) is 23.4 Å². The SMILES string of the molecule is CCCc1ccc(C(=O)COC(=O)CSCC(=O)Nc2ccc(Cl)cc2)cc1. The highest BCUT2D eigenvalue weighted by molar-refractivity contribution is 8.00. The molecule has 7 heteroatoms. The zero-order valence-electron chi connectivity index (χ0n) is 15.6. The molecule has 0 bridgehead atoms. The molecular weight excluding hydrogens is 398 g/mol. The highest BCUT2D eigenvalue weighted by Gasteiger charge is 2.11. The first-order valence-corrected chi connectivity index (χ1v) is 10.4. The van der Waals surface area contributed by atoms with Crippen LogP contribution in [-0.2, 0) is 20.7 Å². The van der Waals surface area contributed by atoms with Gasteiger partial charge in [0.25, 0.3) is 0 Å². The number of esters is 1. The van der Waals surface area contributed by atoms with Gasteiger partial charge >= 0.3 is 5.97 Å². The van der Waals surface area contributed by atoms with Crippen molar-refractivity contribution in [1.82, 2.24) is 0 Å². The van der Waals surface area contributed by atoms with Crippen molar-refractivity contribution < 1.29 is 19.1 Å². The molecule has 2 rings (SSSR count). The van der Waals surface area contributed by atoms with E-state index in [9.17, 15) is 14.4 Å². The fourth-order valence-corrected chi connectivity index (χ4v) is 3.11.